The molecule has 0 aliphatic carbocycles. The monoisotopic (exact) mass is 311 g/mol. The van der Waals surface area contributed by atoms with Gasteiger partial charge in [0.05, 0.1) is 10.9 Å². The molecule has 0 aliphatic rings. The molecule has 0 fully saturated rings. The molecule has 0 radical (unpaired) electrons. The van der Waals surface area contributed by atoms with Crippen molar-refractivity contribution in [1.29, 1.82) is 0 Å². The van der Waals surface area contributed by atoms with E-state index in [1.165, 1.54) is 0 Å². The molecule has 1 aromatic heterocycles. The van der Waals surface area contributed by atoms with Gasteiger partial charge in [-0.3, -0.25) is 4.57 Å². The molecule has 0 saturated carbocycles. The molecule has 0 unspecified atom stereocenters. The fraction of sp³-hybridized carbons (Fsp3) is 0.385. The van der Waals surface area contributed by atoms with Gasteiger partial charge in [-0.2, -0.15) is 0 Å². The van der Waals surface area contributed by atoms with Gasteiger partial charge in [-0.15, -0.1) is 0 Å². The summed E-state index contributed by atoms with van der Waals surface area (Å²) in [7, 11) is 0. The molecule has 2 aromatic rings. The number of fused-ring (bicyclic) bond motifs is 1. The third-order valence-electron chi connectivity index (χ3n) is 2.89. The predicted molar refractivity (Wildman–Crippen MR) is 74.1 cm³/mol. The van der Waals surface area contributed by atoms with Crippen molar-refractivity contribution in [3.63, 3.8) is 0 Å². The predicted octanol–water partition coefficient (Wildman–Crippen LogP) is 2.83. The molecule has 0 bridgehead atoms. The Balaban J connectivity index is 2.85. The van der Waals surface area contributed by atoms with Gasteiger partial charge < -0.3 is 4.42 Å². The van der Waals surface area contributed by atoms with E-state index in [1.54, 1.807) is 10.6 Å². The zero-order chi connectivity index (χ0) is 13.3. The van der Waals surface area contributed by atoms with Crippen LogP contribution in [0.15, 0.2) is 30.6 Å². The summed E-state index contributed by atoms with van der Waals surface area (Å²) >= 11 is 3.35. The number of nitrogens with zero attached hydrogens (tertiary/aromatic N) is 1. The van der Waals surface area contributed by atoms with Crippen LogP contribution in [0.3, 0.4) is 0 Å². The fourth-order valence-corrected chi connectivity index (χ4v) is 2.62. The molecular weight excluding hydrogens is 298 g/mol. The second-order valence-electron chi connectivity index (χ2n) is 4.28. The number of hydrogen-bond acceptors (Lipinski definition) is 3. The number of halogens is 1. The molecule has 4 nitrogen and oxygen atoms in total. The normalized spacial score (nSPS) is 11.1. The van der Waals surface area contributed by atoms with Crippen LogP contribution in [0.25, 0.3) is 10.9 Å². The molecule has 18 heavy (non-hydrogen) atoms. The number of unbranched alkanes of at least 4 members (excludes halogenated alkanes) is 1. The van der Waals surface area contributed by atoms with Crippen molar-refractivity contribution >= 4 is 26.8 Å². The van der Waals surface area contributed by atoms with Crippen molar-refractivity contribution in [3.8, 4) is 0 Å². The summed E-state index contributed by atoms with van der Waals surface area (Å²) in [6.07, 6.45) is 1.85. The van der Waals surface area contributed by atoms with Crippen LogP contribution in [0, 0.1) is 6.92 Å². The van der Waals surface area contributed by atoms with Crippen LogP contribution in [0.2, 0.25) is 0 Å². The van der Waals surface area contributed by atoms with E-state index >= 15 is 0 Å². The molecule has 96 valence electrons. The van der Waals surface area contributed by atoms with E-state index in [0.717, 1.165) is 22.9 Å². The third-order valence-corrected chi connectivity index (χ3v) is 3.35. The molecule has 0 amide bonds. The van der Waals surface area contributed by atoms with E-state index in [4.69, 9.17) is 4.42 Å². The Hall–Kier alpha value is -1.36. The van der Waals surface area contributed by atoms with Gasteiger partial charge in [0.1, 0.15) is 0 Å². The van der Waals surface area contributed by atoms with Gasteiger partial charge in [0.2, 0.25) is 0 Å². The van der Waals surface area contributed by atoms with Gasteiger partial charge >= 0.3 is 11.4 Å². The van der Waals surface area contributed by atoms with Gasteiger partial charge in [0, 0.05) is 11.0 Å². The molecular formula is C13H14BrNO3. The first-order chi connectivity index (χ1) is 8.54. The number of aromatic nitrogens is 1. The number of benzene rings is 1. The van der Waals surface area contributed by atoms with Gasteiger partial charge in [-0.05, 0) is 31.0 Å². The molecule has 0 N–H and O–H groups in total. The van der Waals surface area contributed by atoms with Crippen LogP contribution in [0.1, 0.15) is 25.3 Å². The second-order valence-corrected chi connectivity index (χ2v) is 5.20. The van der Waals surface area contributed by atoms with Crippen LogP contribution in [0.4, 0.5) is 0 Å². The largest absolute Gasteiger partial charge is 0.422 e. The van der Waals surface area contributed by atoms with Gasteiger partial charge in [0.15, 0.2) is 0 Å². The van der Waals surface area contributed by atoms with Crippen molar-refractivity contribution in [2.45, 2.75) is 33.2 Å². The maximum absolute atomic E-state index is 11.8. The molecule has 1 aromatic carbocycles. The average Bonchev–Trinajstić information content (AvgIpc) is 2.29. The molecule has 0 saturated heterocycles. The first-order valence-electron chi connectivity index (χ1n) is 5.88. The molecule has 5 heteroatoms. The van der Waals surface area contributed by atoms with E-state index < -0.39 is 11.4 Å². The minimum absolute atomic E-state index is 0.442. The summed E-state index contributed by atoms with van der Waals surface area (Å²) in [6, 6.07) is 3.58. The second kappa shape index (κ2) is 5.10. The zero-order valence-electron chi connectivity index (χ0n) is 10.3. The van der Waals surface area contributed by atoms with Crippen molar-refractivity contribution in [2.75, 3.05) is 0 Å². The number of hydrogen-bond donors (Lipinski definition) is 0. The first-order valence-corrected chi connectivity index (χ1v) is 6.67. The lowest BCUT2D eigenvalue weighted by Crippen LogP contribution is -2.25. The fourth-order valence-electron chi connectivity index (χ4n) is 2.05. The van der Waals surface area contributed by atoms with Crippen LogP contribution >= 0.6 is 15.9 Å². The van der Waals surface area contributed by atoms with Crippen LogP contribution in [-0.2, 0) is 6.54 Å². The zero-order valence-corrected chi connectivity index (χ0v) is 11.9. The maximum atomic E-state index is 11.8. The highest BCUT2D eigenvalue weighted by Gasteiger charge is 2.12. The van der Waals surface area contributed by atoms with E-state index in [-0.39, 0.29) is 0 Å². The van der Waals surface area contributed by atoms with Gasteiger partial charge in [-0.25, -0.2) is 9.59 Å². The summed E-state index contributed by atoms with van der Waals surface area (Å²) < 4.78 is 7.11. The Morgan fingerprint density at radius 3 is 2.72 bits per heavy atom. The van der Waals surface area contributed by atoms with Crippen LogP contribution < -0.4 is 11.4 Å². The number of rotatable bonds is 3. The topological polar surface area (TPSA) is 52.2 Å². The van der Waals surface area contributed by atoms with E-state index in [0.29, 0.717) is 17.4 Å². The Morgan fingerprint density at radius 2 is 2.06 bits per heavy atom. The highest BCUT2D eigenvalue weighted by Crippen LogP contribution is 2.21. The van der Waals surface area contributed by atoms with E-state index in [1.807, 2.05) is 13.0 Å². The summed E-state index contributed by atoms with van der Waals surface area (Å²) in [5.41, 5.74) is 0.987. The van der Waals surface area contributed by atoms with Crippen LogP contribution in [-0.4, -0.2) is 4.57 Å². The minimum Gasteiger partial charge on any atom is -0.372 e. The first kappa shape index (κ1) is 13.1. The Bertz CT molecular complexity index is 700. The molecule has 0 atom stereocenters. The Kier molecular flexibility index (Phi) is 3.71. The van der Waals surface area contributed by atoms with Crippen molar-refractivity contribution in [3.05, 3.63) is 43.1 Å². The van der Waals surface area contributed by atoms with Crippen molar-refractivity contribution < 1.29 is 4.42 Å². The standard InChI is InChI=1S/C13H14BrNO3/c1-3-4-5-15-11-8(2)6-9(14)7-10(11)12(16)18-13(15)17/h6-7H,3-5H2,1-2H3. The molecule has 1 heterocycles. The Labute approximate surface area is 112 Å². The average molecular weight is 312 g/mol. The summed E-state index contributed by atoms with van der Waals surface area (Å²) in [6.45, 7) is 4.50. The summed E-state index contributed by atoms with van der Waals surface area (Å²) in [5, 5.41) is 0.442. The third kappa shape index (κ3) is 2.27. The van der Waals surface area contributed by atoms with Crippen molar-refractivity contribution in [1.82, 2.24) is 4.57 Å². The highest BCUT2D eigenvalue weighted by molar-refractivity contribution is 9.10. The lowest BCUT2D eigenvalue weighted by Gasteiger charge is -2.10. The van der Waals surface area contributed by atoms with Crippen molar-refractivity contribution in [2.24, 2.45) is 0 Å². The lowest BCUT2D eigenvalue weighted by atomic mass is 10.1. The van der Waals surface area contributed by atoms with Gasteiger partial charge in [0.25, 0.3) is 0 Å². The van der Waals surface area contributed by atoms with Gasteiger partial charge in [-0.1, -0.05) is 29.3 Å². The molecule has 0 spiro atoms. The molecule has 0 aliphatic heterocycles. The number of aryl methyl sites for hydroxylation is 2. The smallest absolute Gasteiger partial charge is 0.372 e. The SMILES string of the molecule is CCCCn1c(=O)oc(=O)c2cc(Br)cc(C)c21. The summed E-state index contributed by atoms with van der Waals surface area (Å²) in [4.78, 5) is 23.5. The van der Waals surface area contributed by atoms with E-state index in [2.05, 4.69) is 22.9 Å². The quantitative estimate of drug-likeness (QED) is 0.876. The maximum Gasteiger partial charge on any atom is 0.422 e. The lowest BCUT2D eigenvalue weighted by molar-refractivity contribution is 0.411. The molecule has 2 rings (SSSR count). The van der Waals surface area contributed by atoms with E-state index in [9.17, 15) is 9.59 Å². The summed E-state index contributed by atoms with van der Waals surface area (Å²) in [5.74, 6) is -0.577. The minimum atomic E-state index is -0.577. The highest BCUT2D eigenvalue weighted by atomic mass is 79.9. The van der Waals surface area contributed by atoms with Crippen LogP contribution in [0.5, 0.6) is 0 Å². The Morgan fingerprint density at radius 1 is 1.33 bits per heavy atom.